The molecule has 0 atom stereocenters. The number of hydrogen-bond donors (Lipinski definition) is 1. The summed E-state index contributed by atoms with van der Waals surface area (Å²) in [6.07, 6.45) is 3.70. The van der Waals surface area contributed by atoms with E-state index in [9.17, 15) is 0 Å². The number of anilines is 2. The molecule has 4 aromatic rings. The molecule has 0 spiro atoms. The van der Waals surface area contributed by atoms with Crippen LogP contribution >= 0.6 is 0 Å². The fraction of sp³-hybridized carbons (Fsp3) is 0.0455. The van der Waals surface area contributed by atoms with Crippen LogP contribution in [0.4, 0.5) is 11.5 Å². The van der Waals surface area contributed by atoms with E-state index in [1.807, 2.05) is 73.9 Å². The average molecular weight is 338 g/mol. The molecule has 0 unspecified atom stereocenters. The Labute approximate surface area is 152 Å². The molecule has 26 heavy (non-hydrogen) atoms. The molecule has 2 heterocycles. The van der Waals surface area contributed by atoms with Gasteiger partial charge in [0.15, 0.2) is 0 Å². The lowest BCUT2D eigenvalue weighted by molar-refractivity contribution is 1.06. The van der Waals surface area contributed by atoms with E-state index in [1.165, 1.54) is 0 Å². The Morgan fingerprint density at radius 3 is 2.15 bits per heavy atom. The number of para-hydroxylation sites is 1. The highest BCUT2D eigenvalue weighted by atomic mass is 15.0. The van der Waals surface area contributed by atoms with Gasteiger partial charge in [-0.3, -0.25) is 4.98 Å². The zero-order chi connectivity index (χ0) is 17.8. The fourth-order valence-electron chi connectivity index (χ4n) is 2.82. The van der Waals surface area contributed by atoms with Crippen molar-refractivity contribution in [3.63, 3.8) is 0 Å². The Kier molecular flexibility index (Phi) is 4.39. The number of aryl methyl sites for hydroxylation is 1. The maximum absolute atomic E-state index is 4.59. The van der Waals surface area contributed by atoms with Crippen LogP contribution in [0, 0.1) is 6.92 Å². The fourth-order valence-corrected chi connectivity index (χ4v) is 2.82. The maximum atomic E-state index is 4.59. The van der Waals surface area contributed by atoms with Crippen LogP contribution in [-0.4, -0.2) is 15.0 Å². The summed E-state index contributed by atoms with van der Waals surface area (Å²) in [7, 11) is 0. The van der Waals surface area contributed by atoms with Crippen molar-refractivity contribution < 1.29 is 0 Å². The van der Waals surface area contributed by atoms with Crippen LogP contribution in [0.15, 0.2) is 85.2 Å². The van der Waals surface area contributed by atoms with Crippen molar-refractivity contribution in [3.8, 4) is 22.4 Å². The molecule has 0 amide bonds. The van der Waals surface area contributed by atoms with Crippen LogP contribution in [0.2, 0.25) is 0 Å². The zero-order valence-electron chi connectivity index (χ0n) is 14.4. The largest absolute Gasteiger partial charge is 0.340 e. The molecule has 0 aliphatic carbocycles. The van der Waals surface area contributed by atoms with Gasteiger partial charge < -0.3 is 5.32 Å². The first-order chi connectivity index (χ1) is 12.8. The highest BCUT2D eigenvalue weighted by Gasteiger charge is 2.07. The molecule has 2 aromatic heterocycles. The predicted octanol–water partition coefficient (Wildman–Crippen LogP) is 5.26. The molecule has 2 aromatic carbocycles. The summed E-state index contributed by atoms with van der Waals surface area (Å²) in [5, 5.41) is 3.33. The van der Waals surface area contributed by atoms with Gasteiger partial charge in [-0.25, -0.2) is 9.97 Å². The van der Waals surface area contributed by atoms with Crippen molar-refractivity contribution in [2.45, 2.75) is 6.92 Å². The number of nitrogens with zero attached hydrogens (tertiary/aromatic N) is 3. The van der Waals surface area contributed by atoms with E-state index in [0.717, 1.165) is 33.9 Å². The lowest BCUT2D eigenvalue weighted by Gasteiger charge is -2.09. The number of aromatic nitrogens is 3. The summed E-state index contributed by atoms with van der Waals surface area (Å²) in [4.78, 5) is 13.5. The molecule has 0 aliphatic rings. The predicted molar refractivity (Wildman–Crippen MR) is 105 cm³/mol. The number of hydrogen-bond acceptors (Lipinski definition) is 4. The molecule has 1 N–H and O–H groups in total. The molecule has 4 rings (SSSR count). The van der Waals surface area contributed by atoms with E-state index in [1.54, 1.807) is 0 Å². The monoisotopic (exact) mass is 338 g/mol. The van der Waals surface area contributed by atoms with E-state index in [0.29, 0.717) is 5.82 Å². The standard InChI is InChI=1S/C22H18N4/c1-16-24-21(13-22(25-16)26-20-10-6-3-7-11-20)19-12-18(14-23-15-19)17-8-4-2-5-9-17/h2-15H,1H3,(H,24,25,26). The quantitative estimate of drug-likeness (QED) is 0.551. The summed E-state index contributed by atoms with van der Waals surface area (Å²) >= 11 is 0. The molecule has 4 nitrogen and oxygen atoms in total. The van der Waals surface area contributed by atoms with Gasteiger partial charge >= 0.3 is 0 Å². The number of nitrogens with one attached hydrogen (secondary N) is 1. The average Bonchev–Trinajstić information content (AvgIpc) is 2.69. The van der Waals surface area contributed by atoms with Crippen molar-refractivity contribution in [1.82, 2.24) is 15.0 Å². The Morgan fingerprint density at radius 2 is 1.38 bits per heavy atom. The molecule has 0 fully saturated rings. The van der Waals surface area contributed by atoms with E-state index >= 15 is 0 Å². The van der Waals surface area contributed by atoms with E-state index < -0.39 is 0 Å². The van der Waals surface area contributed by atoms with E-state index in [4.69, 9.17) is 0 Å². The number of pyridine rings is 1. The van der Waals surface area contributed by atoms with Gasteiger partial charge in [-0.2, -0.15) is 0 Å². The highest BCUT2D eigenvalue weighted by molar-refractivity contribution is 5.71. The second-order valence-corrected chi connectivity index (χ2v) is 6.00. The second-order valence-electron chi connectivity index (χ2n) is 6.00. The van der Waals surface area contributed by atoms with Gasteiger partial charge in [-0.1, -0.05) is 48.5 Å². The lowest BCUT2D eigenvalue weighted by Crippen LogP contribution is -1.99. The minimum atomic E-state index is 0.714. The second kappa shape index (κ2) is 7.15. The molecule has 0 radical (unpaired) electrons. The third kappa shape index (κ3) is 3.59. The van der Waals surface area contributed by atoms with Crippen LogP contribution in [0.5, 0.6) is 0 Å². The van der Waals surface area contributed by atoms with Crippen LogP contribution in [-0.2, 0) is 0 Å². The minimum Gasteiger partial charge on any atom is -0.340 e. The van der Waals surface area contributed by atoms with E-state index in [-0.39, 0.29) is 0 Å². The van der Waals surface area contributed by atoms with Gasteiger partial charge in [-0.05, 0) is 30.7 Å². The molecular weight excluding hydrogens is 320 g/mol. The topological polar surface area (TPSA) is 50.7 Å². The number of rotatable bonds is 4. The molecule has 0 aliphatic heterocycles. The molecule has 0 saturated heterocycles. The van der Waals surface area contributed by atoms with Gasteiger partial charge in [0.2, 0.25) is 0 Å². The Morgan fingerprint density at radius 1 is 0.692 bits per heavy atom. The minimum absolute atomic E-state index is 0.714. The highest BCUT2D eigenvalue weighted by Crippen LogP contribution is 2.26. The third-order valence-corrected chi connectivity index (χ3v) is 4.03. The first-order valence-corrected chi connectivity index (χ1v) is 8.46. The maximum Gasteiger partial charge on any atom is 0.134 e. The molecule has 126 valence electrons. The molecule has 0 saturated carbocycles. The Balaban J connectivity index is 1.70. The summed E-state index contributed by atoms with van der Waals surface area (Å²) in [5.41, 5.74) is 5.01. The van der Waals surface area contributed by atoms with E-state index in [2.05, 4.69) is 38.5 Å². The third-order valence-electron chi connectivity index (χ3n) is 4.03. The summed E-state index contributed by atoms with van der Waals surface area (Å²) in [5.74, 6) is 1.48. The molecule has 0 bridgehead atoms. The smallest absolute Gasteiger partial charge is 0.134 e. The number of benzene rings is 2. The molecular formula is C22H18N4. The van der Waals surface area contributed by atoms with Crippen LogP contribution in [0.25, 0.3) is 22.4 Å². The van der Waals surface area contributed by atoms with Crippen LogP contribution < -0.4 is 5.32 Å². The summed E-state index contributed by atoms with van der Waals surface area (Å²) in [6.45, 7) is 1.90. The van der Waals surface area contributed by atoms with Gasteiger partial charge in [0, 0.05) is 35.3 Å². The Hall–Kier alpha value is -3.53. The first-order valence-electron chi connectivity index (χ1n) is 8.46. The normalized spacial score (nSPS) is 10.5. The van der Waals surface area contributed by atoms with Crippen LogP contribution in [0.1, 0.15) is 5.82 Å². The summed E-state index contributed by atoms with van der Waals surface area (Å²) in [6, 6.07) is 24.3. The van der Waals surface area contributed by atoms with Crippen molar-refractivity contribution in [3.05, 3.63) is 91.0 Å². The van der Waals surface area contributed by atoms with Gasteiger partial charge in [0.05, 0.1) is 5.69 Å². The molecule has 4 heteroatoms. The van der Waals surface area contributed by atoms with Gasteiger partial charge in [0.1, 0.15) is 11.6 Å². The van der Waals surface area contributed by atoms with Crippen molar-refractivity contribution in [2.24, 2.45) is 0 Å². The van der Waals surface area contributed by atoms with Crippen molar-refractivity contribution in [1.29, 1.82) is 0 Å². The summed E-state index contributed by atoms with van der Waals surface area (Å²) < 4.78 is 0. The van der Waals surface area contributed by atoms with Crippen LogP contribution in [0.3, 0.4) is 0 Å². The first kappa shape index (κ1) is 16.0. The lowest BCUT2D eigenvalue weighted by atomic mass is 10.0. The van der Waals surface area contributed by atoms with Gasteiger partial charge in [-0.15, -0.1) is 0 Å². The SMILES string of the molecule is Cc1nc(Nc2ccccc2)cc(-c2cncc(-c3ccccc3)c2)n1. The Bertz CT molecular complexity index is 1010. The van der Waals surface area contributed by atoms with Crippen molar-refractivity contribution >= 4 is 11.5 Å². The zero-order valence-corrected chi connectivity index (χ0v) is 14.4. The van der Waals surface area contributed by atoms with Crippen molar-refractivity contribution in [2.75, 3.05) is 5.32 Å². The van der Waals surface area contributed by atoms with Gasteiger partial charge in [0.25, 0.3) is 0 Å².